The van der Waals surface area contributed by atoms with E-state index in [1.54, 1.807) is 0 Å². The summed E-state index contributed by atoms with van der Waals surface area (Å²) in [6, 6.07) is 0.0225. The first-order chi connectivity index (χ1) is 6.67. The molecule has 1 aliphatic carbocycles. The first-order valence-corrected chi connectivity index (χ1v) is 5.35. The summed E-state index contributed by atoms with van der Waals surface area (Å²) in [5.41, 5.74) is -0.629. The van der Waals surface area contributed by atoms with Gasteiger partial charge in [-0.25, -0.2) is 0 Å². The van der Waals surface area contributed by atoms with Crippen molar-refractivity contribution in [2.45, 2.75) is 50.3 Å². The molecule has 0 unspecified atom stereocenters. The third-order valence-corrected chi connectivity index (χ3v) is 3.25. The Hall–Kier alpha value is -0.160. The molecule has 0 amide bonds. The third kappa shape index (κ3) is 2.45. The van der Waals surface area contributed by atoms with E-state index in [0.717, 1.165) is 19.3 Å². The van der Waals surface area contributed by atoms with Gasteiger partial charge in [-0.2, -0.15) is 0 Å². The predicted octanol–water partition coefficient (Wildman–Crippen LogP) is -0.377. The Morgan fingerprint density at radius 3 is 2.29 bits per heavy atom. The van der Waals surface area contributed by atoms with E-state index in [0.29, 0.717) is 6.42 Å². The third-order valence-electron chi connectivity index (χ3n) is 3.25. The van der Waals surface area contributed by atoms with Crippen LogP contribution in [0.25, 0.3) is 0 Å². The van der Waals surface area contributed by atoms with Crippen LogP contribution in [-0.4, -0.2) is 46.2 Å². The summed E-state index contributed by atoms with van der Waals surface area (Å²) < 4.78 is 0. The van der Waals surface area contributed by atoms with Crippen molar-refractivity contribution in [1.29, 1.82) is 0 Å². The number of rotatable bonds is 5. The van der Waals surface area contributed by atoms with E-state index in [1.807, 2.05) is 6.92 Å². The largest absolute Gasteiger partial charge is 0.394 e. The summed E-state index contributed by atoms with van der Waals surface area (Å²) in [6.07, 6.45) is 3.06. The van der Waals surface area contributed by atoms with Gasteiger partial charge >= 0.3 is 0 Å². The van der Waals surface area contributed by atoms with Crippen LogP contribution in [0.4, 0.5) is 0 Å². The Morgan fingerprint density at radius 1 is 1.29 bits per heavy atom. The highest BCUT2D eigenvalue weighted by molar-refractivity contribution is 4.93. The van der Waals surface area contributed by atoms with Gasteiger partial charge in [-0.3, -0.25) is 0 Å². The van der Waals surface area contributed by atoms with Crippen LogP contribution < -0.4 is 5.32 Å². The Labute approximate surface area is 85.0 Å². The van der Waals surface area contributed by atoms with E-state index in [-0.39, 0.29) is 25.4 Å². The van der Waals surface area contributed by atoms with Crippen LogP contribution in [0.2, 0.25) is 0 Å². The quantitative estimate of drug-likeness (QED) is 0.491. The number of aliphatic hydroxyl groups excluding tert-OH is 3. The zero-order chi connectivity index (χ0) is 10.6. The minimum absolute atomic E-state index is 0.0225. The molecule has 1 fully saturated rings. The van der Waals surface area contributed by atoms with Gasteiger partial charge in [0.2, 0.25) is 0 Å². The highest BCUT2D eigenvalue weighted by Gasteiger charge is 2.34. The molecule has 1 rings (SSSR count). The molecular formula is C10H21NO3. The minimum Gasteiger partial charge on any atom is -0.394 e. The van der Waals surface area contributed by atoms with Gasteiger partial charge < -0.3 is 20.6 Å². The smallest absolute Gasteiger partial charge is 0.0693 e. The number of aliphatic hydroxyl groups is 3. The van der Waals surface area contributed by atoms with Crippen LogP contribution >= 0.6 is 0 Å². The second kappa shape index (κ2) is 5.07. The maximum absolute atomic E-state index is 9.61. The second-order valence-corrected chi connectivity index (χ2v) is 4.20. The van der Waals surface area contributed by atoms with Crippen molar-refractivity contribution in [1.82, 2.24) is 5.32 Å². The molecular weight excluding hydrogens is 182 g/mol. The lowest BCUT2D eigenvalue weighted by molar-refractivity contribution is 0.0544. The first-order valence-electron chi connectivity index (χ1n) is 5.35. The van der Waals surface area contributed by atoms with Crippen LogP contribution in [0.5, 0.6) is 0 Å². The maximum atomic E-state index is 9.61. The standard InChI is InChI=1S/C10H21NO3/c1-2-10(6-12,7-13)11-8-4-3-5-9(8)14/h8-9,11-14H,2-7H2,1H3/t8-,9-/m1/s1. The average Bonchev–Trinajstić information content (AvgIpc) is 2.61. The Kier molecular flexibility index (Phi) is 4.31. The van der Waals surface area contributed by atoms with Crippen LogP contribution in [-0.2, 0) is 0 Å². The maximum Gasteiger partial charge on any atom is 0.0693 e. The molecule has 0 radical (unpaired) electrons. The Morgan fingerprint density at radius 2 is 1.93 bits per heavy atom. The van der Waals surface area contributed by atoms with Gasteiger partial charge in [0.05, 0.1) is 24.9 Å². The summed E-state index contributed by atoms with van der Waals surface area (Å²) in [7, 11) is 0. The first kappa shape index (κ1) is 11.9. The monoisotopic (exact) mass is 203 g/mol. The van der Waals surface area contributed by atoms with Crippen LogP contribution in [0, 0.1) is 0 Å². The predicted molar refractivity (Wildman–Crippen MR) is 54.0 cm³/mol. The van der Waals surface area contributed by atoms with E-state index in [4.69, 9.17) is 0 Å². The molecule has 0 aromatic heterocycles. The molecule has 0 aliphatic heterocycles. The van der Waals surface area contributed by atoms with Gasteiger partial charge in [-0.05, 0) is 25.7 Å². The molecule has 1 aliphatic rings. The molecule has 1 saturated carbocycles. The summed E-state index contributed by atoms with van der Waals surface area (Å²) >= 11 is 0. The number of nitrogens with one attached hydrogen (secondary N) is 1. The highest BCUT2D eigenvalue weighted by Crippen LogP contribution is 2.22. The molecule has 14 heavy (non-hydrogen) atoms. The fourth-order valence-corrected chi connectivity index (χ4v) is 1.97. The van der Waals surface area contributed by atoms with E-state index < -0.39 is 5.54 Å². The van der Waals surface area contributed by atoms with Crippen molar-refractivity contribution in [2.75, 3.05) is 13.2 Å². The SMILES string of the molecule is CCC(CO)(CO)N[C@@H]1CCC[C@H]1O. The highest BCUT2D eigenvalue weighted by atomic mass is 16.3. The minimum atomic E-state index is -0.629. The van der Waals surface area contributed by atoms with Gasteiger partial charge in [0, 0.05) is 6.04 Å². The van der Waals surface area contributed by atoms with Crippen molar-refractivity contribution in [3.63, 3.8) is 0 Å². The Balaban J connectivity index is 2.54. The molecule has 0 aromatic carbocycles. The van der Waals surface area contributed by atoms with Crippen molar-refractivity contribution in [3.8, 4) is 0 Å². The fourth-order valence-electron chi connectivity index (χ4n) is 1.97. The molecule has 0 spiro atoms. The van der Waals surface area contributed by atoms with E-state index in [9.17, 15) is 15.3 Å². The van der Waals surface area contributed by atoms with Crippen LogP contribution in [0.15, 0.2) is 0 Å². The lowest BCUT2D eigenvalue weighted by atomic mass is 9.96. The zero-order valence-electron chi connectivity index (χ0n) is 8.74. The summed E-state index contributed by atoms with van der Waals surface area (Å²) in [6.45, 7) is 1.73. The Bertz CT molecular complexity index is 162. The van der Waals surface area contributed by atoms with Crippen molar-refractivity contribution in [2.24, 2.45) is 0 Å². The summed E-state index contributed by atoms with van der Waals surface area (Å²) in [5, 5.41) is 31.2. The molecule has 4 nitrogen and oxygen atoms in total. The van der Waals surface area contributed by atoms with Crippen LogP contribution in [0.3, 0.4) is 0 Å². The second-order valence-electron chi connectivity index (χ2n) is 4.20. The van der Waals surface area contributed by atoms with Crippen molar-refractivity contribution >= 4 is 0 Å². The number of hydrogen-bond donors (Lipinski definition) is 4. The molecule has 4 heteroatoms. The molecule has 0 saturated heterocycles. The average molecular weight is 203 g/mol. The molecule has 2 atom stereocenters. The molecule has 0 aromatic rings. The topological polar surface area (TPSA) is 72.7 Å². The van der Waals surface area contributed by atoms with Gasteiger partial charge in [-0.15, -0.1) is 0 Å². The molecule has 0 heterocycles. The lowest BCUT2D eigenvalue weighted by Gasteiger charge is -2.34. The normalized spacial score (nSPS) is 28.3. The van der Waals surface area contributed by atoms with Crippen molar-refractivity contribution < 1.29 is 15.3 Å². The fraction of sp³-hybridized carbons (Fsp3) is 1.00. The summed E-state index contributed by atoms with van der Waals surface area (Å²) in [4.78, 5) is 0. The molecule has 84 valence electrons. The molecule has 0 bridgehead atoms. The van der Waals surface area contributed by atoms with Gasteiger partial charge in [0.15, 0.2) is 0 Å². The zero-order valence-corrected chi connectivity index (χ0v) is 8.74. The van der Waals surface area contributed by atoms with Gasteiger partial charge in [0.25, 0.3) is 0 Å². The lowest BCUT2D eigenvalue weighted by Crippen LogP contribution is -2.57. The molecule has 4 N–H and O–H groups in total. The van der Waals surface area contributed by atoms with E-state index >= 15 is 0 Å². The van der Waals surface area contributed by atoms with E-state index in [1.165, 1.54) is 0 Å². The van der Waals surface area contributed by atoms with Gasteiger partial charge in [0.1, 0.15) is 0 Å². The van der Waals surface area contributed by atoms with E-state index in [2.05, 4.69) is 5.32 Å². The summed E-state index contributed by atoms with van der Waals surface area (Å²) in [5.74, 6) is 0. The van der Waals surface area contributed by atoms with Crippen LogP contribution in [0.1, 0.15) is 32.6 Å². The number of hydrogen-bond acceptors (Lipinski definition) is 4. The van der Waals surface area contributed by atoms with Crippen molar-refractivity contribution in [3.05, 3.63) is 0 Å². The van der Waals surface area contributed by atoms with Gasteiger partial charge in [-0.1, -0.05) is 6.92 Å².